The van der Waals surface area contributed by atoms with E-state index < -0.39 is 5.97 Å². The number of rotatable bonds is 9. The predicted octanol–water partition coefficient (Wildman–Crippen LogP) is 4.48. The number of aliphatic carboxylic acids is 1. The Labute approximate surface area is 195 Å². The maximum absolute atomic E-state index is 11.2. The molecule has 8 nitrogen and oxygen atoms in total. The van der Waals surface area contributed by atoms with Crippen molar-refractivity contribution in [3.63, 3.8) is 0 Å². The van der Waals surface area contributed by atoms with Gasteiger partial charge >= 0.3 is 5.97 Å². The summed E-state index contributed by atoms with van der Waals surface area (Å²) in [7, 11) is 0. The minimum Gasteiger partial charge on any atom is -0.506 e. The third-order valence-corrected chi connectivity index (χ3v) is 4.96. The second kappa shape index (κ2) is 11.1. The first-order chi connectivity index (χ1) is 15.8. The van der Waals surface area contributed by atoms with Gasteiger partial charge in [0.05, 0.1) is 29.0 Å². The van der Waals surface area contributed by atoms with Gasteiger partial charge in [-0.3, -0.25) is 15.0 Å². The van der Waals surface area contributed by atoms with Gasteiger partial charge in [0, 0.05) is 12.5 Å². The summed E-state index contributed by atoms with van der Waals surface area (Å²) >= 11 is 6.18. The first-order valence-electron chi connectivity index (χ1n) is 10.2. The van der Waals surface area contributed by atoms with Crippen LogP contribution in [-0.2, 0) is 22.4 Å². The van der Waals surface area contributed by atoms with Crippen LogP contribution in [0.3, 0.4) is 0 Å². The van der Waals surface area contributed by atoms with Crippen molar-refractivity contribution in [2.75, 3.05) is 10.7 Å². The minimum absolute atomic E-state index is 0.0532. The molecule has 170 valence electrons. The zero-order valence-electron chi connectivity index (χ0n) is 17.9. The van der Waals surface area contributed by atoms with Crippen molar-refractivity contribution in [2.24, 2.45) is 5.10 Å². The highest BCUT2D eigenvalue weighted by atomic mass is 35.5. The second-order valence-corrected chi connectivity index (χ2v) is 7.72. The van der Waals surface area contributed by atoms with E-state index in [1.807, 2.05) is 30.3 Å². The first-order valence-corrected chi connectivity index (χ1v) is 10.5. The van der Waals surface area contributed by atoms with Crippen molar-refractivity contribution in [3.05, 3.63) is 82.5 Å². The Bertz CT molecular complexity index is 1170. The van der Waals surface area contributed by atoms with Crippen molar-refractivity contribution < 1.29 is 19.8 Å². The predicted molar refractivity (Wildman–Crippen MR) is 128 cm³/mol. The van der Waals surface area contributed by atoms with E-state index in [9.17, 15) is 14.7 Å². The Balaban J connectivity index is 1.91. The number of aryl methyl sites for hydroxylation is 1. The number of halogens is 1. The van der Waals surface area contributed by atoms with Gasteiger partial charge in [-0.1, -0.05) is 41.9 Å². The van der Waals surface area contributed by atoms with Crippen molar-refractivity contribution >= 4 is 40.7 Å². The highest BCUT2D eigenvalue weighted by molar-refractivity contribution is 6.32. The molecule has 4 N–H and O–H groups in total. The summed E-state index contributed by atoms with van der Waals surface area (Å²) in [6.45, 7) is 1.40. The molecule has 0 atom stereocenters. The summed E-state index contributed by atoms with van der Waals surface area (Å²) in [6, 6.07) is 16.1. The molecular weight excluding hydrogens is 444 g/mol. The summed E-state index contributed by atoms with van der Waals surface area (Å²) < 4.78 is 0. The molecule has 0 aliphatic heterocycles. The molecule has 0 bridgehead atoms. The number of carboxylic acids is 1. The van der Waals surface area contributed by atoms with Crippen LogP contribution in [0.25, 0.3) is 0 Å². The van der Waals surface area contributed by atoms with Crippen LogP contribution in [0, 0.1) is 0 Å². The zero-order chi connectivity index (χ0) is 23.8. The van der Waals surface area contributed by atoms with E-state index in [-0.39, 0.29) is 23.1 Å². The maximum atomic E-state index is 11.2. The molecule has 1 amide bonds. The number of hydrazone groups is 1. The lowest BCUT2D eigenvalue weighted by molar-refractivity contribution is -0.136. The summed E-state index contributed by atoms with van der Waals surface area (Å²) in [5.74, 6) is -0.988. The van der Waals surface area contributed by atoms with Crippen molar-refractivity contribution in [2.45, 2.75) is 26.2 Å². The van der Waals surface area contributed by atoms with E-state index >= 15 is 0 Å². The van der Waals surface area contributed by atoms with E-state index in [0.29, 0.717) is 41.2 Å². The lowest BCUT2D eigenvalue weighted by Gasteiger charge is -2.13. The number of nitrogens with one attached hydrogen (secondary N) is 2. The van der Waals surface area contributed by atoms with Crippen LogP contribution in [-0.4, -0.2) is 32.8 Å². The minimum atomic E-state index is -1.01. The largest absolute Gasteiger partial charge is 0.506 e. The molecule has 0 aliphatic carbocycles. The number of anilines is 2. The summed E-state index contributed by atoms with van der Waals surface area (Å²) in [4.78, 5) is 26.5. The van der Waals surface area contributed by atoms with Gasteiger partial charge in [-0.25, -0.2) is 4.98 Å². The van der Waals surface area contributed by atoms with Gasteiger partial charge in [0.2, 0.25) is 5.91 Å². The number of amides is 1. The molecule has 33 heavy (non-hydrogen) atoms. The first kappa shape index (κ1) is 23.7. The third kappa shape index (κ3) is 7.05. The number of aromatic nitrogens is 1. The van der Waals surface area contributed by atoms with Crippen molar-refractivity contribution in [1.29, 1.82) is 0 Å². The van der Waals surface area contributed by atoms with E-state index in [4.69, 9.17) is 16.7 Å². The summed E-state index contributed by atoms with van der Waals surface area (Å²) in [5.41, 5.74) is 5.86. The number of carboxylic acid groups (broad SMARTS) is 1. The number of phenols is 1. The third-order valence-electron chi connectivity index (χ3n) is 4.67. The van der Waals surface area contributed by atoms with Crippen LogP contribution in [0.5, 0.6) is 5.75 Å². The molecule has 0 saturated carbocycles. The van der Waals surface area contributed by atoms with Crippen LogP contribution in [0.2, 0.25) is 5.02 Å². The molecule has 2 aromatic carbocycles. The molecule has 3 rings (SSSR count). The molecule has 3 aromatic rings. The molecule has 0 unspecified atom stereocenters. The molecule has 9 heteroatoms. The maximum Gasteiger partial charge on any atom is 0.307 e. The molecule has 1 aromatic heterocycles. The van der Waals surface area contributed by atoms with Gasteiger partial charge in [0.25, 0.3) is 0 Å². The van der Waals surface area contributed by atoms with Crippen LogP contribution < -0.4 is 10.7 Å². The number of benzene rings is 2. The molecule has 0 fully saturated rings. The molecular formula is C24H23ClN4O4. The van der Waals surface area contributed by atoms with Crippen LogP contribution in [0.15, 0.2) is 65.9 Å². The number of phenolic OH excluding ortho intramolecular Hbond substituents is 1. The SMILES string of the molecule is CC(=O)Nc1ccc(N/N=C(\CCc2ccccc2)c2cc(CC(=O)O)cc(Cl)c2O)cn1. The van der Waals surface area contributed by atoms with Gasteiger partial charge in [-0.2, -0.15) is 5.10 Å². The van der Waals surface area contributed by atoms with E-state index in [2.05, 4.69) is 20.8 Å². The van der Waals surface area contributed by atoms with Gasteiger partial charge in [-0.15, -0.1) is 0 Å². The fraction of sp³-hybridized carbons (Fsp3) is 0.167. The van der Waals surface area contributed by atoms with E-state index in [0.717, 1.165) is 5.56 Å². The second-order valence-electron chi connectivity index (χ2n) is 7.31. The fourth-order valence-electron chi connectivity index (χ4n) is 3.16. The molecule has 0 aliphatic rings. The Kier molecular flexibility index (Phi) is 7.99. The number of hydrogen-bond acceptors (Lipinski definition) is 6. The van der Waals surface area contributed by atoms with Gasteiger partial charge < -0.3 is 15.5 Å². The summed E-state index contributed by atoms with van der Waals surface area (Å²) in [5, 5.41) is 26.9. The van der Waals surface area contributed by atoms with E-state index in [1.54, 1.807) is 18.2 Å². The number of nitrogens with zero attached hydrogens (tertiary/aromatic N) is 2. The highest BCUT2D eigenvalue weighted by Crippen LogP contribution is 2.31. The Morgan fingerprint density at radius 1 is 1.09 bits per heavy atom. The number of carbonyl (C=O) groups excluding carboxylic acids is 1. The lowest BCUT2D eigenvalue weighted by atomic mass is 9.98. The van der Waals surface area contributed by atoms with Gasteiger partial charge in [0.1, 0.15) is 11.6 Å². The lowest BCUT2D eigenvalue weighted by Crippen LogP contribution is -2.10. The molecule has 1 heterocycles. The number of pyridine rings is 1. The number of aromatic hydroxyl groups is 1. The Morgan fingerprint density at radius 2 is 1.85 bits per heavy atom. The summed E-state index contributed by atoms with van der Waals surface area (Å²) in [6.07, 6.45) is 2.37. The molecule has 0 saturated heterocycles. The Morgan fingerprint density at radius 3 is 2.48 bits per heavy atom. The van der Waals surface area contributed by atoms with Crippen LogP contribution >= 0.6 is 11.6 Å². The fourth-order valence-corrected chi connectivity index (χ4v) is 3.40. The smallest absolute Gasteiger partial charge is 0.307 e. The standard InChI is InChI=1S/C24H23ClN4O4/c1-15(30)27-22-10-8-18(14-26-22)28-29-21(9-7-16-5-3-2-4-6-16)19-11-17(13-23(31)32)12-20(25)24(19)33/h2-6,8,10-12,14,28,33H,7,9,13H2,1H3,(H,31,32)(H,26,27,30)/b29-21+. The molecule has 0 spiro atoms. The van der Waals surface area contributed by atoms with Crippen LogP contribution in [0.1, 0.15) is 30.0 Å². The zero-order valence-corrected chi connectivity index (χ0v) is 18.6. The highest BCUT2D eigenvalue weighted by Gasteiger charge is 2.16. The van der Waals surface area contributed by atoms with Crippen LogP contribution in [0.4, 0.5) is 11.5 Å². The number of hydrogen-bond donors (Lipinski definition) is 4. The van der Waals surface area contributed by atoms with E-state index in [1.165, 1.54) is 19.2 Å². The van der Waals surface area contributed by atoms with Gasteiger partial charge in [0.15, 0.2) is 0 Å². The quantitative estimate of drug-likeness (QED) is 0.272. The van der Waals surface area contributed by atoms with Gasteiger partial charge in [-0.05, 0) is 48.2 Å². The topological polar surface area (TPSA) is 124 Å². The van der Waals surface area contributed by atoms with Crippen molar-refractivity contribution in [3.8, 4) is 5.75 Å². The Hall–Kier alpha value is -3.91. The monoisotopic (exact) mass is 466 g/mol. The van der Waals surface area contributed by atoms with Crippen molar-refractivity contribution in [1.82, 2.24) is 4.98 Å². The average Bonchev–Trinajstić information content (AvgIpc) is 2.77. The molecule has 0 radical (unpaired) electrons. The number of carbonyl (C=O) groups is 2. The average molecular weight is 467 g/mol. The normalized spacial score (nSPS) is 11.2.